The molecule has 0 radical (unpaired) electrons. The smallest absolute Gasteiger partial charge is 0.297 e. The third-order valence-corrected chi connectivity index (χ3v) is 5.74. The lowest BCUT2D eigenvalue weighted by Crippen LogP contribution is -2.41. The molecule has 2 rings (SSSR count). The van der Waals surface area contributed by atoms with Crippen molar-refractivity contribution in [2.75, 3.05) is 23.9 Å². The molecule has 0 N–H and O–H groups in total. The fraction of sp³-hybridized carbons (Fsp3) is 0.471. The number of halogens is 4. The average molecular weight is 422 g/mol. The molecule has 27 heavy (non-hydrogen) atoms. The van der Waals surface area contributed by atoms with Crippen molar-refractivity contribution < 1.29 is 21.6 Å². The first-order valence-corrected chi connectivity index (χ1v) is 10.1. The molecule has 1 fully saturated rings. The first-order valence-electron chi connectivity index (χ1n) is 8.25. The second kappa shape index (κ2) is 8.85. The van der Waals surface area contributed by atoms with Crippen LogP contribution >= 0.6 is 11.6 Å². The van der Waals surface area contributed by atoms with E-state index in [-0.39, 0.29) is 27.0 Å². The molecule has 1 aliphatic rings. The van der Waals surface area contributed by atoms with Crippen LogP contribution in [0.3, 0.4) is 0 Å². The van der Waals surface area contributed by atoms with Crippen LogP contribution in [0.5, 0.6) is 0 Å². The van der Waals surface area contributed by atoms with E-state index in [1.165, 1.54) is 24.4 Å². The highest BCUT2D eigenvalue weighted by atomic mass is 35.5. The number of hydrazone groups is 1. The van der Waals surface area contributed by atoms with E-state index in [9.17, 15) is 21.6 Å². The molecule has 0 unspecified atom stereocenters. The zero-order chi connectivity index (χ0) is 20.1. The molecule has 0 atom stereocenters. The van der Waals surface area contributed by atoms with Gasteiger partial charge in [-0.2, -0.15) is 26.7 Å². The number of piperidine rings is 1. The van der Waals surface area contributed by atoms with Gasteiger partial charge in [0.05, 0.1) is 12.2 Å². The van der Waals surface area contributed by atoms with Gasteiger partial charge in [-0.15, -0.1) is 6.42 Å². The highest BCUT2D eigenvalue weighted by molar-refractivity contribution is 7.93. The summed E-state index contributed by atoms with van der Waals surface area (Å²) in [6.45, 7) is 0.870. The van der Waals surface area contributed by atoms with Gasteiger partial charge in [0.15, 0.2) is 0 Å². The first kappa shape index (κ1) is 21.4. The molecule has 1 aromatic rings. The Labute approximate surface area is 161 Å². The largest absolute Gasteiger partial charge is 0.516 e. The van der Waals surface area contributed by atoms with E-state index in [1.807, 2.05) is 10.9 Å². The lowest BCUT2D eigenvalue weighted by Gasteiger charge is -2.26. The van der Waals surface area contributed by atoms with Gasteiger partial charge in [0.25, 0.3) is 0 Å². The SMILES string of the molecule is C#CCN(c1ccc(Cl)cc1CC=NN1CCCCC1)S(=O)(=O)C(F)(F)F. The van der Waals surface area contributed by atoms with Crippen LogP contribution in [0.2, 0.25) is 5.02 Å². The Kier molecular flexibility index (Phi) is 7.00. The molecule has 148 valence electrons. The van der Waals surface area contributed by atoms with Crippen molar-refractivity contribution in [3.05, 3.63) is 28.8 Å². The maximum Gasteiger partial charge on any atom is 0.516 e. The van der Waals surface area contributed by atoms with Crippen molar-refractivity contribution in [2.45, 2.75) is 31.2 Å². The molecule has 10 heteroatoms. The molecule has 5 nitrogen and oxygen atoms in total. The molecule has 0 aliphatic carbocycles. The summed E-state index contributed by atoms with van der Waals surface area (Å²) in [5.74, 6) is 1.97. The zero-order valence-corrected chi connectivity index (χ0v) is 16.0. The van der Waals surface area contributed by atoms with E-state index >= 15 is 0 Å². The lowest BCUT2D eigenvalue weighted by molar-refractivity contribution is -0.0437. The molecule has 1 saturated heterocycles. The highest BCUT2D eigenvalue weighted by Crippen LogP contribution is 2.33. The van der Waals surface area contributed by atoms with Crippen LogP contribution in [-0.4, -0.2) is 44.8 Å². The van der Waals surface area contributed by atoms with Crippen molar-refractivity contribution in [1.82, 2.24) is 5.01 Å². The van der Waals surface area contributed by atoms with E-state index in [1.54, 1.807) is 0 Å². The molecule has 1 heterocycles. The number of anilines is 1. The monoisotopic (exact) mass is 421 g/mol. The molecule has 0 saturated carbocycles. The van der Waals surface area contributed by atoms with Gasteiger partial charge < -0.3 is 0 Å². The van der Waals surface area contributed by atoms with E-state index < -0.39 is 22.1 Å². The minimum atomic E-state index is -5.64. The number of nitrogens with zero attached hydrogens (tertiary/aromatic N) is 3. The van der Waals surface area contributed by atoms with Crippen molar-refractivity contribution in [3.63, 3.8) is 0 Å². The number of alkyl halides is 3. The lowest BCUT2D eigenvalue weighted by atomic mass is 10.1. The van der Waals surface area contributed by atoms with Crippen LogP contribution < -0.4 is 4.31 Å². The third-order valence-electron chi connectivity index (χ3n) is 4.02. The van der Waals surface area contributed by atoms with Gasteiger partial charge >= 0.3 is 15.5 Å². The minimum absolute atomic E-state index is 0.112. The second-order valence-corrected chi connectivity index (χ2v) is 8.24. The summed E-state index contributed by atoms with van der Waals surface area (Å²) in [7, 11) is -5.64. The Balaban J connectivity index is 2.34. The summed E-state index contributed by atoms with van der Waals surface area (Å²) in [4.78, 5) is 0. The summed E-state index contributed by atoms with van der Waals surface area (Å²) >= 11 is 5.94. The summed E-state index contributed by atoms with van der Waals surface area (Å²) in [5, 5.41) is 6.44. The predicted octanol–water partition coefficient (Wildman–Crippen LogP) is 3.64. The maximum absolute atomic E-state index is 13.0. The Bertz CT molecular complexity index is 829. The molecular formula is C17H19ClF3N3O2S. The molecule has 0 aromatic heterocycles. The molecule has 0 bridgehead atoms. The number of terminal acetylenes is 1. The van der Waals surface area contributed by atoms with Gasteiger partial charge in [0.2, 0.25) is 0 Å². The highest BCUT2D eigenvalue weighted by Gasteiger charge is 2.50. The third kappa shape index (κ3) is 5.30. The average Bonchev–Trinajstić information content (AvgIpc) is 2.60. The van der Waals surface area contributed by atoms with Crippen molar-refractivity contribution in [2.24, 2.45) is 5.10 Å². The van der Waals surface area contributed by atoms with Gasteiger partial charge in [-0.3, -0.25) is 9.31 Å². The summed E-state index contributed by atoms with van der Waals surface area (Å²) < 4.78 is 63.2. The van der Waals surface area contributed by atoms with Crippen LogP contribution in [0.25, 0.3) is 0 Å². The fourth-order valence-electron chi connectivity index (χ4n) is 2.72. The Morgan fingerprint density at radius 3 is 2.56 bits per heavy atom. The molecular weight excluding hydrogens is 403 g/mol. The minimum Gasteiger partial charge on any atom is -0.297 e. The predicted molar refractivity (Wildman–Crippen MR) is 100 cm³/mol. The number of rotatable bonds is 6. The molecule has 1 aliphatic heterocycles. The Morgan fingerprint density at radius 1 is 1.30 bits per heavy atom. The second-order valence-electron chi connectivity index (χ2n) is 5.95. The van der Waals surface area contributed by atoms with Crippen molar-refractivity contribution in [1.29, 1.82) is 0 Å². The van der Waals surface area contributed by atoms with Gasteiger partial charge in [0, 0.05) is 30.7 Å². The summed E-state index contributed by atoms with van der Waals surface area (Å²) in [6, 6.07) is 3.94. The normalized spacial score (nSPS) is 15.7. The van der Waals surface area contributed by atoms with Crippen LogP contribution in [-0.2, 0) is 16.4 Å². The van der Waals surface area contributed by atoms with Crippen LogP contribution in [0, 0.1) is 12.3 Å². The van der Waals surface area contributed by atoms with Gasteiger partial charge in [-0.05, 0) is 43.0 Å². The van der Waals surface area contributed by atoms with Crippen molar-refractivity contribution in [3.8, 4) is 12.3 Å². The van der Waals surface area contributed by atoms with Gasteiger partial charge in [-0.25, -0.2) is 0 Å². The number of hydrogen-bond acceptors (Lipinski definition) is 4. The van der Waals surface area contributed by atoms with E-state index in [0.29, 0.717) is 0 Å². The Morgan fingerprint density at radius 2 is 1.96 bits per heavy atom. The van der Waals surface area contributed by atoms with Crippen LogP contribution in [0.4, 0.5) is 18.9 Å². The van der Waals surface area contributed by atoms with Gasteiger partial charge in [-0.1, -0.05) is 17.5 Å². The van der Waals surface area contributed by atoms with E-state index in [2.05, 4.69) is 5.10 Å². The van der Waals surface area contributed by atoms with E-state index in [4.69, 9.17) is 18.0 Å². The van der Waals surface area contributed by atoms with Gasteiger partial charge in [0.1, 0.15) is 0 Å². The Hall–Kier alpha value is -1.92. The standard InChI is InChI=1S/C17H19ClF3N3O2S/c1-2-10-24(27(25,26)17(19,20)21)16-7-6-15(18)13-14(16)8-9-22-23-11-4-3-5-12-23/h1,6-7,9,13H,3-5,8,10-12H2. The van der Waals surface area contributed by atoms with E-state index in [0.717, 1.165) is 32.4 Å². The molecule has 1 aromatic carbocycles. The van der Waals surface area contributed by atoms with Crippen molar-refractivity contribution >= 4 is 33.5 Å². The molecule has 0 amide bonds. The number of benzene rings is 1. The van der Waals surface area contributed by atoms with Crippen LogP contribution in [0.15, 0.2) is 23.3 Å². The quantitative estimate of drug-likeness (QED) is 0.520. The summed E-state index contributed by atoms with van der Waals surface area (Å²) in [5.41, 5.74) is -5.35. The number of hydrogen-bond donors (Lipinski definition) is 0. The topological polar surface area (TPSA) is 53.0 Å². The number of sulfonamides is 1. The first-order chi connectivity index (χ1) is 12.7. The van der Waals surface area contributed by atoms with Crippen LogP contribution in [0.1, 0.15) is 24.8 Å². The zero-order valence-electron chi connectivity index (χ0n) is 14.4. The molecule has 0 spiro atoms. The fourth-order valence-corrected chi connectivity index (χ4v) is 3.84. The maximum atomic E-state index is 13.0. The summed E-state index contributed by atoms with van der Waals surface area (Å²) in [6.07, 6.45) is 9.94.